The SMILES string of the molecule is N#CC1(C#N)[C@H](c2cccs2)[C@@H](C(=O)C23CC4CC(CC(C4)C2)C3)N2c3ccccc3C=C[C@@H]21. The Bertz CT molecular complexity index is 1230. The molecule has 5 fully saturated rings. The lowest BCUT2D eigenvalue weighted by atomic mass is 9.47. The van der Waals surface area contributed by atoms with E-state index in [9.17, 15) is 15.3 Å². The molecule has 5 heteroatoms. The molecule has 4 saturated carbocycles. The zero-order chi connectivity index (χ0) is 23.1. The lowest BCUT2D eigenvalue weighted by Gasteiger charge is -2.57. The number of Topliss-reactive ketones (excluding diaryl/α,β-unsaturated/α-hetero) is 1. The van der Waals surface area contributed by atoms with Crippen LogP contribution in [0.5, 0.6) is 0 Å². The highest BCUT2D eigenvalue weighted by molar-refractivity contribution is 7.10. The molecule has 0 amide bonds. The minimum Gasteiger partial charge on any atom is -0.351 e. The Kier molecular flexibility index (Phi) is 4.25. The van der Waals surface area contributed by atoms with Crippen LogP contribution in [-0.2, 0) is 4.79 Å². The van der Waals surface area contributed by atoms with E-state index >= 15 is 0 Å². The third-order valence-electron chi connectivity index (χ3n) is 9.59. The predicted molar refractivity (Wildman–Crippen MR) is 132 cm³/mol. The van der Waals surface area contributed by atoms with Crippen LogP contribution in [0.25, 0.3) is 6.08 Å². The summed E-state index contributed by atoms with van der Waals surface area (Å²) in [7, 11) is 0. The second-order valence-corrected chi connectivity index (χ2v) is 12.3. The van der Waals surface area contributed by atoms with E-state index in [0.717, 1.165) is 35.4 Å². The van der Waals surface area contributed by atoms with Gasteiger partial charge in [0.15, 0.2) is 11.2 Å². The number of carbonyl (C=O) groups is 1. The van der Waals surface area contributed by atoms with Crippen molar-refractivity contribution in [2.75, 3.05) is 4.90 Å². The zero-order valence-corrected chi connectivity index (χ0v) is 19.9. The second-order valence-electron chi connectivity index (χ2n) is 11.4. The van der Waals surface area contributed by atoms with Gasteiger partial charge in [0.1, 0.15) is 0 Å². The molecule has 8 rings (SSSR count). The van der Waals surface area contributed by atoms with Gasteiger partial charge in [-0.3, -0.25) is 4.79 Å². The summed E-state index contributed by atoms with van der Waals surface area (Å²) in [5, 5.41) is 23.1. The summed E-state index contributed by atoms with van der Waals surface area (Å²) in [6, 6.07) is 16.1. The molecule has 4 bridgehead atoms. The van der Waals surface area contributed by atoms with E-state index in [1.165, 1.54) is 19.3 Å². The maximum absolute atomic E-state index is 14.9. The second kappa shape index (κ2) is 7.06. The molecule has 1 aromatic carbocycles. The van der Waals surface area contributed by atoms with Crippen molar-refractivity contribution < 1.29 is 4.79 Å². The van der Waals surface area contributed by atoms with Crippen LogP contribution >= 0.6 is 11.3 Å². The molecule has 0 unspecified atom stereocenters. The van der Waals surface area contributed by atoms with E-state index in [1.807, 2.05) is 41.8 Å². The smallest absolute Gasteiger partial charge is 0.177 e. The van der Waals surface area contributed by atoms with Gasteiger partial charge in [-0.15, -0.1) is 11.3 Å². The molecule has 4 nitrogen and oxygen atoms in total. The van der Waals surface area contributed by atoms with Crippen LogP contribution in [0.1, 0.15) is 54.9 Å². The first kappa shape index (κ1) is 20.5. The monoisotopic (exact) mass is 465 g/mol. The molecule has 0 N–H and O–H groups in total. The maximum atomic E-state index is 14.9. The minimum absolute atomic E-state index is 0.295. The predicted octanol–water partition coefficient (Wildman–Crippen LogP) is 5.93. The van der Waals surface area contributed by atoms with Crippen LogP contribution in [0.4, 0.5) is 5.69 Å². The van der Waals surface area contributed by atoms with Crippen LogP contribution in [0.15, 0.2) is 47.9 Å². The number of hydrogen-bond donors (Lipinski definition) is 0. The average Bonchev–Trinajstić information content (AvgIpc) is 3.47. The normalized spacial score (nSPS) is 38.1. The highest BCUT2D eigenvalue weighted by Gasteiger charge is 2.67. The third-order valence-corrected chi connectivity index (χ3v) is 10.5. The minimum atomic E-state index is -1.31. The van der Waals surface area contributed by atoms with Crippen molar-refractivity contribution in [2.45, 2.75) is 56.5 Å². The summed E-state index contributed by atoms with van der Waals surface area (Å²) in [5.74, 6) is 1.84. The summed E-state index contributed by atoms with van der Waals surface area (Å²) in [5.41, 5.74) is 0.430. The van der Waals surface area contributed by atoms with E-state index in [2.05, 4.69) is 29.2 Å². The fourth-order valence-corrected chi connectivity index (χ4v) is 9.67. The number of hydrogen-bond acceptors (Lipinski definition) is 5. The molecule has 1 aromatic heterocycles. The number of fused-ring (bicyclic) bond motifs is 3. The molecule has 3 atom stereocenters. The number of ketones is 1. The molecule has 4 aliphatic carbocycles. The Morgan fingerprint density at radius 1 is 0.971 bits per heavy atom. The summed E-state index contributed by atoms with van der Waals surface area (Å²) < 4.78 is 0. The van der Waals surface area contributed by atoms with E-state index in [1.54, 1.807) is 11.3 Å². The van der Waals surface area contributed by atoms with Crippen molar-refractivity contribution in [3.05, 3.63) is 58.3 Å². The van der Waals surface area contributed by atoms with Crippen LogP contribution in [0.2, 0.25) is 0 Å². The van der Waals surface area contributed by atoms with Gasteiger partial charge in [0, 0.05) is 16.0 Å². The van der Waals surface area contributed by atoms with Crippen molar-refractivity contribution in [3.8, 4) is 12.1 Å². The fourth-order valence-electron chi connectivity index (χ4n) is 8.74. The molecule has 1 saturated heterocycles. The van der Waals surface area contributed by atoms with E-state index in [0.29, 0.717) is 23.5 Å². The first-order chi connectivity index (χ1) is 16.6. The Balaban J connectivity index is 1.44. The Morgan fingerprint density at radius 3 is 2.26 bits per heavy atom. The topological polar surface area (TPSA) is 67.9 Å². The first-order valence-electron chi connectivity index (χ1n) is 12.5. The average molecular weight is 466 g/mol. The van der Waals surface area contributed by atoms with Crippen LogP contribution in [-0.4, -0.2) is 17.9 Å². The molecular formula is C29H27N3OS. The molecule has 0 spiro atoms. The number of anilines is 1. The highest BCUT2D eigenvalue weighted by atomic mass is 32.1. The molecule has 0 radical (unpaired) electrons. The first-order valence-corrected chi connectivity index (χ1v) is 13.4. The number of thiophene rings is 1. The van der Waals surface area contributed by atoms with Crippen molar-refractivity contribution in [3.63, 3.8) is 0 Å². The van der Waals surface area contributed by atoms with E-state index in [4.69, 9.17) is 0 Å². The molecule has 3 heterocycles. The standard InChI is InChI=1S/C29H27N3OS/c30-16-29(17-31)24-8-7-21-4-1-2-5-22(21)32(24)26(25(29)23-6-3-9-34-23)27(33)28-13-18-10-19(14-28)12-20(11-18)15-28/h1-9,18-20,24-26H,10-15H2/t18?,19?,20?,24-,25-,26+,28?/m1/s1. The van der Waals surface area contributed by atoms with Gasteiger partial charge in [-0.2, -0.15) is 10.5 Å². The maximum Gasteiger partial charge on any atom is 0.177 e. The number of para-hydroxylation sites is 1. The van der Waals surface area contributed by atoms with Crippen LogP contribution in [0.3, 0.4) is 0 Å². The van der Waals surface area contributed by atoms with Gasteiger partial charge in [0.25, 0.3) is 0 Å². The molecule has 34 heavy (non-hydrogen) atoms. The number of benzene rings is 1. The van der Waals surface area contributed by atoms with Crippen molar-refractivity contribution in [1.29, 1.82) is 10.5 Å². The lowest BCUT2D eigenvalue weighted by Crippen LogP contribution is -2.56. The van der Waals surface area contributed by atoms with Gasteiger partial charge < -0.3 is 4.90 Å². The van der Waals surface area contributed by atoms with Gasteiger partial charge in [-0.1, -0.05) is 36.4 Å². The van der Waals surface area contributed by atoms with Gasteiger partial charge in [0.05, 0.1) is 30.1 Å². The molecular weight excluding hydrogens is 438 g/mol. The number of rotatable bonds is 3. The Morgan fingerprint density at radius 2 is 1.65 bits per heavy atom. The van der Waals surface area contributed by atoms with E-state index in [-0.39, 0.29) is 5.41 Å². The van der Waals surface area contributed by atoms with Gasteiger partial charge in [0.2, 0.25) is 0 Å². The zero-order valence-electron chi connectivity index (χ0n) is 19.1. The fraction of sp³-hybridized carbons (Fsp3) is 0.483. The number of carbonyl (C=O) groups excluding carboxylic acids is 1. The summed E-state index contributed by atoms with van der Waals surface area (Å²) >= 11 is 1.57. The Hall–Kier alpha value is -2.89. The van der Waals surface area contributed by atoms with Crippen molar-refractivity contribution >= 4 is 28.9 Å². The van der Waals surface area contributed by atoms with E-state index < -0.39 is 23.4 Å². The Labute approximate surface area is 204 Å². The summed E-state index contributed by atoms with van der Waals surface area (Å²) in [6.07, 6.45) is 10.9. The van der Waals surface area contributed by atoms with Gasteiger partial charge in [-0.05, 0) is 79.4 Å². The van der Waals surface area contributed by atoms with Crippen molar-refractivity contribution in [2.24, 2.45) is 28.6 Å². The molecule has 6 aliphatic rings. The molecule has 2 aliphatic heterocycles. The largest absolute Gasteiger partial charge is 0.351 e. The number of nitriles is 2. The quantitative estimate of drug-likeness (QED) is 0.563. The molecule has 2 aromatic rings. The molecule has 170 valence electrons. The third kappa shape index (κ3) is 2.54. The highest BCUT2D eigenvalue weighted by Crippen LogP contribution is 2.64. The van der Waals surface area contributed by atoms with Crippen LogP contribution < -0.4 is 4.90 Å². The van der Waals surface area contributed by atoms with Gasteiger partial charge >= 0.3 is 0 Å². The van der Waals surface area contributed by atoms with Crippen molar-refractivity contribution in [1.82, 2.24) is 0 Å². The summed E-state index contributed by atoms with van der Waals surface area (Å²) in [4.78, 5) is 18.1. The van der Waals surface area contributed by atoms with Crippen LogP contribution in [0, 0.1) is 51.2 Å². The number of nitrogens with zero attached hydrogens (tertiary/aromatic N) is 3. The van der Waals surface area contributed by atoms with Gasteiger partial charge in [-0.25, -0.2) is 0 Å². The summed E-state index contributed by atoms with van der Waals surface area (Å²) in [6.45, 7) is 0. The lowest BCUT2D eigenvalue weighted by molar-refractivity contribution is -0.145.